The van der Waals surface area contributed by atoms with Crippen LogP contribution in [0.4, 0.5) is 5.82 Å². The monoisotopic (exact) mass is 269 g/mol. The molecule has 1 aliphatic carbocycles. The van der Waals surface area contributed by atoms with Crippen LogP contribution < -0.4 is 5.73 Å². The zero-order valence-electron chi connectivity index (χ0n) is 10.6. The van der Waals surface area contributed by atoms with E-state index in [1.54, 1.807) is 0 Å². The van der Waals surface area contributed by atoms with Crippen LogP contribution in [-0.4, -0.2) is 9.97 Å². The highest BCUT2D eigenvalue weighted by Crippen LogP contribution is 2.36. The number of hydrogen-bond donors (Lipinski definition) is 1. The van der Waals surface area contributed by atoms with Gasteiger partial charge < -0.3 is 5.73 Å². The van der Waals surface area contributed by atoms with Gasteiger partial charge in [0, 0.05) is 23.0 Å². The lowest BCUT2D eigenvalue weighted by Gasteiger charge is -2.11. The molecular formula is C15H15N3S. The summed E-state index contributed by atoms with van der Waals surface area (Å²) in [5, 5.41) is 0. The third-order valence-electron chi connectivity index (χ3n) is 4.04. The first-order valence-corrected chi connectivity index (χ1v) is 7.76. The first-order valence-electron chi connectivity index (χ1n) is 6.61. The Labute approximate surface area is 116 Å². The minimum Gasteiger partial charge on any atom is -0.383 e. The minimum absolute atomic E-state index is 0.399. The summed E-state index contributed by atoms with van der Waals surface area (Å²) in [6.45, 7) is 0. The molecule has 0 radical (unpaired) electrons. The predicted octanol–water partition coefficient (Wildman–Crippen LogP) is 2.69. The maximum Gasteiger partial charge on any atom is 0.134 e. The second-order valence-electron chi connectivity index (χ2n) is 5.26. The van der Waals surface area contributed by atoms with Gasteiger partial charge in [-0.2, -0.15) is 11.8 Å². The molecule has 2 aromatic rings. The Kier molecular flexibility index (Phi) is 2.52. The zero-order chi connectivity index (χ0) is 12.8. The fourth-order valence-corrected chi connectivity index (χ4v) is 4.07. The molecule has 1 aromatic carbocycles. The van der Waals surface area contributed by atoms with Crippen LogP contribution in [0.2, 0.25) is 0 Å². The first-order chi connectivity index (χ1) is 9.31. The number of benzene rings is 1. The summed E-state index contributed by atoms with van der Waals surface area (Å²) in [6.07, 6.45) is 2.09. The van der Waals surface area contributed by atoms with Crippen molar-refractivity contribution in [2.75, 3.05) is 5.73 Å². The Morgan fingerprint density at radius 1 is 1.05 bits per heavy atom. The van der Waals surface area contributed by atoms with E-state index in [9.17, 15) is 0 Å². The Bertz CT molecular complexity index is 629. The van der Waals surface area contributed by atoms with Crippen LogP contribution in [-0.2, 0) is 24.3 Å². The number of rotatable bonds is 1. The van der Waals surface area contributed by atoms with Crippen molar-refractivity contribution in [3.63, 3.8) is 0 Å². The number of hydrogen-bond acceptors (Lipinski definition) is 4. The smallest absolute Gasteiger partial charge is 0.134 e. The first kappa shape index (κ1) is 11.3. The van der Waals surface area contributed by atoms with E-state index in [0.29, 0.717) is 11.7 Å². The van der Waals surface area contributed by atoms with Gasteiger partial charge in [-0.15, -0.1) is 0 Å². The molecule has 4 rings (SSSR count). The summed E-state index contributed by atoms with van der Waals surface area (Å²) >= 11 is 1.87. The number of nitrogen functional groups attached to an aromatic ring is 1. The Morgan fingerprint density at radius 2 is 1.79 bits per heavy atom. The van der Waals surface area contributed by atoms with Crippen molar-refractivity contribution in [1.82, 2.24) is 9.97 Å². The lowest BCUT2D eigenvalue weighted by molar-refractivity contribution is 0.678. The van der Waals surface area contributed by atoms with Crippen LogP contribution in [0.5, 0.6) is 0 Å². The molecule has 1 aromatic heterocycles. The molecule has 0 unspecified atom stereocenters. The van der Waals surface area contributed by atoms with Crippen molar-refractivity contribution in [1.29, 1.82) is 0 Å². The van der Waals surface area contributed by atoms with Crippen molar-refractivity contribution in [3.05, 3.63) is 52.5 Å². The normalized spacial score (nSPS) is 17.5. The summed E-state index contributed by atoms with van der Waals surface area (Å²) in [7, 11) is 0. The number of nitrogens with zero attached hydrogens (tertiary/aromatic N) is 2. The van der Waals surface area contributed by atoms with Gasteiger partial charge in [-0.05, 0) is 24.0 Å². The lowest BCUT2D eigenvalue weighted by Crippen LogP contribution is -2.10. The second kappa shape index (κ2) is 4.23. The van der Waals surface area contributed by atoms with Gasteiger partial charge >= 0.3 is 0 Å². The molecule has 3 nitrogen and oxygen atoms in total. The number of thioether (sulfide) groups is 1. The van der Waals surface area contributed by atoms with Gasteiger partial charge in [-0.25, -0.2) is 9.97 Å². The summed E-state index contributed by atoms with van der Waals surface area (Å²) in [4.78, 5) is 9.33. The van der Waals surface area contributed by atoms with Crippen LogP contribution in [0, 0.1) is 0 Å². The van der Waals surface area contributed by atoms with E-state index in [1.165, 1.54) is 11.1 Å². The molecule has 0 atom stereocenters. The fraction of sp³-hybridized carbons (Fsp3) is 0.333. The molecule has 0 spiro atoms. The van der Waals surface area contributed by atoms with Crippen molar-refractivity contribution < 1.29 is 0 Å². The van der Waals surface area contributed by atoms with E-state index in [4.69, 9.17) is 10.7 Å². The molecule has 1 aliphatic heterocycles. The average Bonchev–Trinajstić information content (AvgIpc) is 3.04. The summed E-state index contributed by atoms with van der Waals surface area (Å²) in [5.74, 6) is 3.98. The van der Waals surface area contributed by atoms with Gasteiger partial charge in [-0.3, -0.25) is 0 Å². The number of nitrogens with two attached hydrogens (primary N) is 1. The van der Waals surface area contributed by atoms with Crippen LogP contribution in [0.25, 0.3) is 0 Å². The van der Waals surface area contributed by atoms with Gasteiger partial charge in [0.2, 0.25) is 0 Å². The molecule has 96 valence electrons. The Morgan fingerprint density at radius 3 is 2.53 bits per heavy atom. The minimum atomic E-state index is 0.399. The highest BCUT2D eigenvalue weighted by atomic mass is 32.2. The molecule has 0 amide bonds. The van der Waals surface area contributed by atoms with E-state index < -0.39 is 0 Å². The van der Waals surface area contributed by atoms with Crippen molar-refractivity contribution in [2.45, 2.75) is 30.3 Å². The van der Waals surface area contributed by atoms with Crippen LogP contribution >= 0.6 is 11.8 Å². The molecule has 2 aliphatic rings. The number of fused-ring (bicyclic) bond motifs is 2. The average molecular weight is 269 g/mol. The van der Waals surface area contributed by atoms with E-state index >= 15 is 0 Å². The van der Waals surface area contributed by atoms with E-state index in [-0.39, 0.29) is 0 Å². The topological polar surface area (TPSA) is 51.8 Å². The standard InChI is InChI=1S/C15H15N3S/c16-14-12-7-19-8-13(12)17-15(18-14)11-5-9-3-1-2-4-10(9)6-11/h1-4,11H,5-8H2,(H2,16,17,18). The predicted molar refractivity (Wildman–Crippen MR) is 78.0 cm³/mol. The van der Waals surface area contributed by atoms with Crippen molar-refractivity contribution in [2.24, 2.45) is 0 Å². The zero-order valence-corrected chi connectivity index (χ0v) is 11.4. The molecular weight excluding hydrogens is 254 g/mol. The number of aromatic nitrogens is 2. The summed E-state index contributed by atoms with van der Waals surface area (Å²) in [6, 6.07) is 8.63. The van der Waals surface area contributed by atoms with Crippen LogP contribution in [0.1, 0.15) is 34.1 Å². The van der Waals surface area contributed by atoms with Gasteiger partial charge in [0.1, 0.15) is 11.6 Å². The molecule has 2 N–H and O–H groups in total. The SMILES string of the molecule is Nc1nc(C2Cc3ccccc3C2)nc2c1CSC2. The molecule has 0 saturated carbocycles. The van der Waals surface area contributed by atoms with E-state index in [0.717, 1.165) is 41.4 Å². The maximum atomic E-state index is 6.08. The third-order valence-corrected chi connectivity index (χ3v) is 5.01. The largest absolute Gasteiger partial charge is 0.383 e. The Hall–Kier alpha value is -1.55. The summed E-state index contributed by atoms with van der Waals surface area (Å²) in [5.41, 5.74) is 11.3. The van der Waals surface area contributed by atoms with Crippen LogP contribution in [0.3, 0.4) is 0 Å². The van der Waals surface area contributed by atoms with E-state index in [2.05, 4.69) is 29.2 Å². The van der Waals surface area contributed by atoms with E-state index in [1.807, 2.05) is 11.8 Å². The highest BCUT2D eigenvalue weighted by Gasteiger charge is 2.27. The number of anilines is 1. The molecule has 0 fully saturated rings. The maximum absolute atomic E-state index is 6.08. The van der Waals surface area contributed by atoms with Gasteiger partial charge in [0.05, 0.1) is 5.69 Å². The molecule has 2 heterocycles. The van der Waals surface area contributed by atoms with Crippen molar-refractivity contribution >= 4 is 17.6 Å². The third kappa shape index (κ3) is 1.82. The Balaban J connectivity index is 1.70. The molecule has 0 bridgehead atoms. The molecule has 0 saturated heterocycles. The van der Waals surface area contributed by atoms with Gasteiger partial charge in [0.15, 0.2) is 0 Å². The molecule has 19 heavy (non-hydrogen) atoms. The fourth-order valence-electron chi connectivity index (χ4n) is 3.02. The van der Waals surface area contributed by atoms with Gasteiger partial charge in [-0.1, -0.05) is 24.3 Å². The van der Waals surface area contributed by atoms with Crippen molar-refractivity contribution in [3.8, 4) is 0 Å². The molecule has 4 heteroatoms. The van der Waals surface area contributed by atoms with Crippen LogP contribution in [0.15, 0.2) is 24.3 Å². The summed E-state index contributed by atoms with van der Waals surface area (Å²) < 4.78 is 0. The quantitative estimate of drug-likeness (QED) is 0.865. The second-order valence-corrected chi connectivity index (χ2v) is 6.24. The highest BCUT2D eigenvalue weighted by molar-refractivity contribution is 7.98. The lowest BCUT2D eigenvalue weighted by atomic mass is 10.1. The van der Waals surface area contributed by atoms with Gasteiger partial charge in [0.25, 0.3) is 0 Å².